The largest absolute Gasteiger partial charge is 0.146 e. The van der Waals surface area contributed by atoms with Gasteiger partial charge in [0.1, 0.15) is 0 Å². The molecule has 0 aromatic carbocycles. The molecule has 0 atom stereocenters. The lowest BCUT2D eigenvalue weighted by atomic mass is 9.89. The molecule has 60 valence electrons. The Morgan fingerprint density at radius 1 is 1.27 bits per heavy atom. The van der Waals surface area contributed by atoms with Crippen LogP contribution in [0.15, 0.2) is 6.20 Å². The molecular formula is C8H12N2S. The summed E-state index contributed by atoms with van der Waals surface area (Å²) in [5, 5.41) is 3.87. The van der Waals surface area contributed by atoms with Gasteiger partial charge in [0.25, 0.3) is 0 Å². The highest BCUT2D eigenvalue weighted by Crippen LogP contribution is 2.33. The lowest BCUT2D eigenvalue weighted by Gasteiger charge is -2.18. The molecule has 0 aliphatic heterocycles. The van der Waals surface area contributed by atoms with E-state index in [4.69, 9.17) is 0 Å². The number of nitrogens with zero attached hydrogens (tertiary/aromatic N) is 2. The van der Waals surface area contributed by atoms with Gasteiger partial charge in [-0.15, -0.1) is 5.10 Å². The maximum Gasteiger partial charge on any atom is 0.0655 e. The van der Waals surface area contributed by atoms with Crippen molar-refractivity contribution in [3.63, 3.8) is 0 Å². The highest BCUT2D eigenvalue weighted by Gasteiger charge is 2.16. The SMILES string of the molecule is c1nnsc1C1CCCCC1. The second-order valence-corrected chi connectivity index (χ2v) is 3.97. The van der Waals surface area contributed by atoms with E-state index >= 15 is 0 Å². The van der Waals surface area contributed by atoms with Gasteiger partial charge in [-0.2, -0.15) is 0 Å². The molecule has 2 nitrogen and oxygen atoms in total. The van der Waals surface area contributed by atoms with Gasteiger partial charge in [0.05, 0.1) is 6.20 Å². The molecule has 0 N–H and O–H groups in total. The van der Waals surface area contributed by atoms with Gasteiger partial charge in [-0.25, -0.2) is 0 Å². The average Bonchev–Trinajstić information content (AvgIpc) is 2.58. The van der Waals surface area contributed by atoms with Crippen molar-refractivity contribution in [2.75, 3.05) is 0 Å². The maximum atomic E-state index is 3.89. The van der Waals surface area contributed by atoms with Crippen LogP contribution in [0.1, 0.15) is 42.9 Å². The summed E-state index contributed by atoms with van der Waals surface area (Å²) in [5.74, 6) is 0.781. The molecule has 11 heavy (non-hydrogen) atoms. The Labute approximate surface area is 70.8 Å². The van der Waals surface area contributed by atoms with E-state index in [1.165, 1.54) is 37.0 Å². The normalized spacial score (nSPS) is 20.4. The number of hydrogen-bond acceptors (Lipinski definition) is 3. The molecule has 0 saturated heterocycles. The first-order valence-corrected chi connectivity index (χ1v) is 5.01. The predicted molar refractivity (Wildman–Crippen MR) is 45.7 cm³/mol. The second kappa shape index (κ2) is 3.30. The second-order valence-electron chi connectivity index (χ2n) is 3.15. The monoisotopic (exact) mass is 168 g/mol. The highest BCUT2D eigenvalue weighted by molar-refractivity contribution is 7.05. The molecule has 1 aromatic rings. The van der Waals surface area contributed by atoms with Crippen LogP contribution in [0.3, 0.4) is 0 Å². The first-order valence-electron chi connectivity index (χ1n) is 4.24. The summed E-state index contributed by atoms with van der Waals surface area (Å²) >= 11 is 1.57. The molecule has 1 fully saturated rings. The van der Waals surface area contributed by atoms with Gasteiger partial charge in [0.15, 0.2) is 0 Å². The van der Waals surface area contributed by atoms with Gasteiger partial charge in [-0.1, -0.05) is 23.8 Å². The van der Waals surface area contributed by atoms with E-state index < -0.39 is 0 Å². The van der Waals surface area contributed by atoms with Gasteiger partial charge >= 0.3 is 0 Å². The molecular weight excluding hydrogens is 156 g/mol. The van der Waals surface area contributed by atoms with E-state index in [0.717, 1.165) is 5.92 Å². The van der Waals surface area contributed by atoms with Gasteiger partial charge in [-0.05, 0) is 30.3 Å². The summed E-state index contributed by atoms with van der Waals surface area (Å²) in [4.78, 5) is 1.39. The van der Waals surface area contributed by atoms with Gasteiger partial charge < -0.3 is 0 Å². The lowest BCUT2D eigenvalue weighted by Crippen LogP contribution is -2.02. The van der Waals surface area contributed by atoms with E-state index in [1.807, 2.05) is 6.20 Å². The summed E-state index contributed by atoms with van der Waals surface area (Å²) in [6.45, 7) is 0. The minimum Gasteiger partial charge on any atom is -0.146 e. The third-order valence-electron chi connectivity index (χ3n) is 2.39. The Bertz CT molecular complexity index is 202. The van der Waals surface area contributed by atoms with Crippen LogP contribution >= 0.6 is 11.5 Å². The molecule has 1 heterocycles. The Balaban J connectivity index is 2.04. The summed E-state index contributed by atoms with van der Waals surface area (Å²) in [5.41, 5.74) is 0. The first-order chi connectivity index (χ1) is 5.47. The summed E-state index contributed by atoms with van der Waals surface area (Å²) in [6, 6.07) is 0. The van der Waals surface area contributed by atoms with Crippen molar-refractivity contribution >= 4 is 11.5 Å². The Morgan fingerprint density at radius 3 is 2.73 bits per heavy atom. The van der Waals surface area contributed by atoms with E-state index in [-0.39, 0.29) is 0 Å². The fraction of sp³-hybridized carbons (Fsp3) is 0.750. The van der Waals surface area contributed by atoms with Crippen LogP contribution in [0.25, 0.3) is 0 Å². The molecule has 3 heteroatoms. The van der Waals surface area contributed by atoms with Gasteiger partial charge in [0, 0.05) is 4.88 Å². The molecule has 0 unspecified atom stereocenters. The van der Waals surface area contributed by atoms with E-state index in [2.05, 4.69) is 9.59 Å². The molecule has 0 radical (unpaired) electrons. The fourth-order valence-corrected chi connectivity index (χ4v) is 2.41. The third-order valence-corrected chi connectivity index (χ3v) is 3.21. The number of rotatable bonds is 1. The van der Waals surface area contributed by atoms with Crippen molar-refractivity contribution in [3.05, 3.63) is 11.1 Å². The van der Waals surface area contributed by atoms with Gasteiger partial charge in [0.2, 0.25) is 0 Å². The zero-order valence-electron chi connectivity index (χ0n) is 6.49. The molecule has 1 aromatic heterocycles. The fourth-order valence-electron chi connectivity index (χ4n) is 1.74. The predicted octanol–water partition coefficient (Wildman–Crippen LogP) is 2.59. The minimum absolute atomic E-state index is 0.781. The van der Waals surface area contributed by atoms with Crippen molar-refractivity contribution in [1.29, 1.82) is 0 Å². The molecule has 0 spiro atoms. The third kappa shape index (κ3) is 1.59. The topological polar surface area (TPSA) is 25.8 Å². The van der Waals surface area contributed by atoms with Crippen molar-refractivity contribution in [3.8, 4) is 0 Å². The smallest absolute Gasteiger partial charge is 0.0655 e. The van der Waals surface area contributed by atoms with Gasteiger partial charge in [-0.3, -0.25) is 0 Å². The first kappa shape index (κ1) is 7.22. The zero-order valence-corrected chi connectivity index (χ0v) is 7.31. The lowest BCUT2D eigenvalue weighted by molar-refractivity contribution is 0.448. The summed E-state index contributed by atoms with van der Waals surface area (Å²) in [6.07, 6.45) is 8.84. The van der Waals surface area contributed by atoms with Crippen LogP contribution in [0.5, 0.6) is 0 Å². The van der Waals surface area contributed by atoms with Crippen molar-refractivity contribution in [2.24, 2.45) is 0 Å². The molecule has 0 amide bonds. The van der Waals surface area contributed by atoms with Crippen LogP contribution in [-0.2, 0) is 0 Å². The maximum absolute atomic E-state index is 3.89. The van der Waals surface area contributed by atoms with Crippen LogP contribution < -0.4 is 0 Å². The Morgan fingerprint density at radius 2 is 2.09 bits per heavy atom. The highest BCUT2D eigenvalue weighted by atomic mass is 32.1. The van der Waals surface area contributed by atoms with Crippen LogP contribution in [-0.4, -0.2) is 9.59 Å². The Kier molecular flexibility index (Phi) is 2.17. The number of hydrogen-bond donors (Lipinski definition) is 0. The van der Waals surface area contributed by atoms with Crippen molar-refractivity contribution in [1.82, 2.24) is 9.59 Å². The number of aromatic nitrogens is 2. The minimum atomic E-state index is 0.781. The summed E-state index contributed by atoms with van der Waals surface area (Å²) in [7, 11) is 0. The van der Waals surface area contributed by atoms with Crippen LogP contribution in [0, 0.1) is 0 Å². The molecule has 1 saturated carbocycles. The molecule has 2 rings (SSSR count). The Hall–Kier alpha value is -0.440. The molecule has 1 aliphatic rings. The van der Waals surface area contributed by atoms with Crippen LogP contribution in [0.4, 0.5) is 0 Å². The standard InChI is InChI=1S/C8H12N2S/c1-2-4-7(5-3-1)8-6-9-10-11-8/h6-7H,1-5H2. The zero-order chi connectivity index (χ0) is 7.52. The van der Waals surface area contributed by atoms with Crippen molar-refractivity contribution < 1.29 is 0 Å². The van der Waals surface area contributed by atoms with Crippen LogP contribution in [0.2, 0.25) is 0 Å². The van der Waals surface area contributed by atoms with E-state index in [1.54, 1.807) is 11.5 Å². The summed E-state index contributed by atoms with van der Waals surface area (Å²) < 4.78 is 3.89. The van der Waals surface area contributed by atoms with E-state index in [9.17, 15) is 0 Å². The molecule has 0 bridgehead atoms. The van der Waals surface area contributed by atoms with Crippen molar-refractivity contribution in [2.45, 2.75) is 38.0 Å². The quantitative estimate of drug-likeness (QED) is 0.644. The van der Waals surface area contributed by atoms with E-state index in [0.29, 0.717) is 0 Å². The molecule has 1 aliphatic carbocycles. The average molecular weight is 168 g/mol.